The Balaban J connectivity index is 2.45. The van der Waals surface area contributed by atoms with E-state index in [0.717, 1.165) is 11.4 Å². The van der Waals surface area contributed by atoms with Gasteiger partial charge in [-0.2, -0.15) is 0 Å². The molecule has 0 atom stereocenters. The summed E-state index contributed by atoms with van der Waals surface area (Å²) >= 11 is 3.36. The molecule has 0 amide bonds. The van der Waals surface area contributed by atoms with Crippen molar-refractivity contribution in [3.8, 4) is 5.69 Å². The minimum Gasteiger partial charge on any atom is -0.352 e. The van der Waals surface area contributed by atoms with Gasteiger partial charge in [0.25, 0.3) is 0 Å². The lowest BCUT2D eigenvalue weighted by atomic mass is 10.3. The van der Waals surface area contributed by atoms with E-state index < -0.39 is 0 Å². The van der Waals surface area contributed by atoms with Crippen molar-refractivity contribution >= 4 is 21.9 Å². The Morgan fingerprint density at radius 2 is 2.33 bits per heavy atom. The van der Waals surface area contributed by atoms with Crippen molar-refractivity contribution in [2.45, 2.75) is 6.92 Å². The number of rotatable bonds is 4. The van der Waals surface area contributed by atoms with Crippen LogP contribution in [0.3, 0.4) is 0 Å². The van der Waals surface area contributed by atoms with Gasteiger partial charge in [-0.3, -0.25) is 4.57 Å². The Bertz CT molecular complexity index is 578. The van der Waals surface area contributed by atoms with Gasteiger partial charge in [-0.1, -0.05) is 6.08 Å². The number of hydrogen-bond donors (Lipinski definition) is 1. The fourth-order valence-electron chi connectivity index (χ4n) is 1.65. The number of aromatic nitrogens is 2. The average Bonchev–Trinajstić information content (AvgIpc) is 2.67. The van der Waals surface area contributed by atoms with Crippen molar-refractivity contribution in [1.82, 2.24) is 9.55 Å². The lowest BCUT2D eigenvalue weighted by Crippen LogP contribution is -2.06. The van der Waals surface area contributed by atoms with Gasteiger partial charge in [0.1, 0.15) is 5.82 Å². The smallest absolute Gasteiger partial charge is 0.208 e. The quantitative estimate of drug-likeness (QED) is 0.873. The lowest BCUT2D eigenvalue weighted by molar-refractivity contribution is 0.626. The molecule has 0 spiro atoms. The van der Waals surface area contributed by atoms with Gasteiger partial charge in [-0.05, 0) is 41.1 Å². The number of anilines is 1. The normalized spacial score (nSPS) is 10.4. The van der Waals surface area contributed by atoms with E-state index in [1.54, 1.807) is 12.1 Å². The van der Waals surface area contributed by atoms with Gasteiger partial charge in [-0.25, -0.2) is 9.37 Å². The molecule has 0 aliphatic heterocycles. The number of nitrogens with zero attached hydrogens (tertiary/aromatic N) is 2. The molecule has 0 aliphatic carbocycles. The summed E-state index contributed by atoms with van der Waals surface area (Å²) in [6.07, 6.45) is 3.65. The molecular weight excluding hydrogens is 297 g/mol. The molecule has 0 saturated heterocycles. The molecule has 1 aromatic carbocycles. The Morgan fingerprint density at radius 1 is 1.56 bits per heavy atom. The minimum absolute atomic E-state index is 0.275. The maximum atomic E-state index is 13.1. The Morgan fingerprint density at radius 3 is 3.00 bits per heavy atom. The van der Waals surface area contributed by atoms with Crippen LogP contribution in [-0.2, 0) is 0 Å². The van der Waals surface area contributed by atoms with Crippen molar-refractivity contribution in [3.63, 3.8) is 0 Å². The van der Waals surface area contributed by atoms with E-state index in [-0.39, 0.29) is 5.82 Å². The number of hydrogen-bond acceptors (Lipinski definition) is 2. The number of nitrogens with one attached hydrogen (secondary N) is 1. The Hall–Kier alpha value is -1.62. The number of benzene rings is 1. The predicted molar refractivity (Wildman–Crippen MR) is 74.6 cm³/mol. The summed E-state index contributed by atoms with van der Waals surface area (Å²) in [4.78, 5) is 4.38. The predicted octanol–water partition coefficient (Wildman–Crippen LogP) is 3.68. The van der Waals surface area contributed by atoms with E-state index >= 15 is 0 Å². The van der Waals surface area contributed by atoms with E-state index in [1.807, 2.05) is 17.7 Å². The molecule has 0 fully saturated rings. The van der Waals surface area contributed by atoms with Crippen molar-refractivity contribution in [2.75, 3.05) is 11.9 Å². The third-order valence-electron chi connectivity index (χ3n) is 2.40. The van der Waals surface area contributed by atoms with Crippen LogP contribution in [0.4, 0.5) is 10.3 Å². The van der Waals surface area contributed by atoms with Crippen LogP contribution in [0.1, 0.15) is 5.69 Å². The molecule has 2 aromatic rings. The molecular formula is C13H13BrFN3. The minimum atomic E-state index is -0.275. The van der Waals surface area contributed by atoms with Crippen LogP contribution in [0, 0.1) is 12.7 Å². The van der Waals surface area contributed by atoms with Crippen LogP contribution in [0.2, 0.25) is 0 Å². The number of aryl methyl sites for hydroxylation is 1. The fraction of sp³-hybridized carbons (Fsp3) is 0.154. The first kappa shape index (κ1) is 12.8. The zero-order valence-corrected chi connectivity index (χ0v) is 11.5. The summed E-state index contributed by atoms with van der Waals surface area (Å²) < 4.78 is 15.6. The van der Waals surface area contributed by atoms with E-state index in [9.17, 15) is 4.39 Å². The molecule has 0 radical (unpaired) electrons. The first-order valence-electron chi connectivity index (χ1n) is 5.48. The van der Waals surface area contributed by atoms with E-state index in [1.165, 1.54) is 12.1 Å². The second kappa shape index (κ2) is 5.35. The molecule has 1 N–H and O–H groups in total. The SMILES string of the molecule is C=CCNc1nc(C)cn1-c1ccc(F)cc1Br. The van der Waals surface area contributed by atoms with Gasteiger partial charge in [0.05, 0.1) is 11.4 Å². The lowest BCUT2D eigenvalue weighted by Gasteiger charge is -2.10. The van der Waals surface area contributed by atoms with Crippen LogP contribution < -0.4 is 5.32 Å². The van der Waals surface area contributed by atoms with E-state index in [4.69, 9.17) is 0 Å². The monoisotopic (exact) mass is 309 g/mol. The van der Waals surface area contributed by atoms with Gasteiger partial charge in [0, 0.05) is 17.2 Å². The van der Waals surface area contributed by atoms with Gasteiger partial charge in [-0.15, -0.1) is 6.58 Å². The zero-order chi connectivity index (χ0) is 13.1. The Kier molecular flexibility index (Phi) is 3.81. The molecule has 1 aromatic heterocycles. The highest BCUT2D eigenvalue weighted by Gasteiger charge is 2.10. The molecule has 1 heterocycles. The average molecular weight is 310 g/mol. The molecule has 0 bridgehead atoms. The van der Waals surface area contributed by atoms with Gasteiger partial charge in [0.15, 0.2) is 0 Å². The van der Waals surface area contributed by atoms with Crippen LogP contribution >= 0.6 is 15.9 Å². The summed E-state index contributed by atoms with van der Waals surface area (Å²) in [5.74, 6) is 0.433. The summed E-state index contributed by atoms with van der Waals surface area (Å²) in [6, 6.07) is 4.56. The molecule has 0 unspecified atom stereocenters. The molecule has 3 nitrogen and oxygen atoms in total. The highest BCUT2D eigenvalue weighted by atomic mass is 79.9. The highest BCUT2D eigenvalue weighted by Crippen LogP contribution is 2.25. The second-order valence-electron chi connectivity index (χ2n) is 3.84. The van der Waals surface area contributed by atoms with Crippen molar-refractivity contribution < 1.29 is 4.39 Å². The van der Waals surface area contributed by atoms with E-state index in [0.29, 0.717) is 17.0 Å². The maximum Gasteiger partial charge on any atom is 0.208 e. The molecule has 18 heavy (non-hydrogen) atoms. The van der Waals surface area contributed by atoms with Crippen LogP contribution in [0.5, 0.6) is 0 Å². The second-order valence-corrected chi connectivity index (χ2v) is 4.70. The largest absolute Gasteiger partial charge is 0.352 e. The highest BCUT2D eigenvalue weighted by molar-refractivity contribution is 9.10. The number of halogens is 2. The maximum absolute atomic E-state index is 13.1. The van der Waals surface area contributed by atoms with Gasteiger partial charge in [0.2, 0.25) is 5.95 Å². The topological polar surface area (TPSA) is 29.9 Å². The third kappa shape index (κ3) is 2.61. The summed E-state index contributed by atoms with van der Waals surface area (Å²) in [5.41, 5.74) is 1.72. The summed E-state index contributed by atoms with van der Waals surface area (Å²) in [7, 11) is 0. The molecule has 5 heteroatoms. The van der Waals surface area contributed by atoms with Crippen molar-refractivity contribution in [1.29, 1.82) is 0 Å². The van der Waals surface area contributed by atoms with Crippen molar-refractivity contribution in [2.24, 2.45) is 0 Å². The first-order chi connectivity index (χ1) is 8.61. The molecule has 94 valence electrons. The van der Waals surface area contributed by atoms with Crippen LogP contribution in [-0.4, -0.2) is 16.1 Å². The third-order valence-corrected chi connectivity index (χ3v) is 3.04. The molecule has 0 aliphatic rings. The van der Waals surface area contributed by atoms with Gasteiger partial charge >= 0.3 is 0 Å². The Labute approximate surface area is 113 Å². The van der Waals surface area contributed by atoms with Crippen molar-refractivity contribution in [3.05, 3.63) is 53.0 Å². The molecule has 0 saturated carbocycles. The zero-order valence-electron chi connectivity index (χ0n) is 9.95. The summed E-state index contributed by atoms with van der Waals surface area (Å²) in [6.45, 7) is 6.19. The number of imidazole rings is 1. The molecule has 2 rings (SSSR count). The van der Waals surface area contributed by atoms with Crippen LogP contribution in [0.15, 0.2) is 41.5 Å². The van der Waals surface area contributed by atoms with Crippen LogP contribution in [0.25, 0.3) is 5.69 Å². The van der Waals surface area contributed by atoms with Gasteiger partial charge < -0.3 is 5.32 Å². The van der Waals surface area contributed by atoms with E-state index in [2.05, 4.69) is 32.8 Å². The first-order valence-corrected chi connectivity index (χ1v) is 6.27. The summed E-state index contributed by atoms with van der Waals surface area (Å²) in [5, 5.41) is 3.14. The standard InChI is InChI=1S/C13H13BrFN3/c1-3-6-16-13-17-9(2)8-18(13)12-5-4-10(15)7-11(12)14/h3-5,7-8H,1,6H2,2H3,(H,16,17). The fourth-order valence-corrected chi connectivity index (χ4v) is 2.19.